The highest BCUT2D eigenvalue weighted by atomic mass is 28.4. The zero-order valence-corrected chi connectivity index (χ0v) is 23.3. The van der Waals surface area contributed by atoms with E-state index in [1.54, 1.807) is 17.8 Å². The van der Waals surface area contributed by atoms with Crippen LogP contribution < -0.4 is 10.6 Å². The highest BCUT2D eigenvalue weighted by Gasteiger charge is 2.50. The minimum absolute atomic E-state index is 0.0106. The molecule has 2 fully saturated rings. The molecule has 1 unspecified atom stereocenters. The number of aliphatic hydroxyl groups is 1. The van der Waals surface area contributed by atoms with Crippen LogP contribution in [0.5, 0.6) is 0 Å². The van der Waals surface area contributed by atoms with Gasteiger partial charge in [0.2, 0.25) is 14.3 Å². The van der Waals surface area contributed by atoms with Crippen LogP contribution in [0, 0.1) is 11.8 Å². The molecule has 1 amide bonds. The number of ether oxygens (including phenoxy) is 1. The molecular weight excluding hydrogens is 489 g/mol. The topological polar surface area (TPSA) is 101 Å². The molecule has 1 aromatic heterocycles. The Morgan fingerprint density at radius 2 is 2.03 bits per heavy atom. The second-order valence-electron chi connectivity index (χ2n) is 11.2. The Bertz CT molecular complexity index is 1010. The van der Waals surface area contributed by atoms with Gasteiger partial charge in [-0.1, -0.05) is 24.3 Å². The first-order chi connectivity index (χ1) is 17.7. The molecule has 0 aliphatic carbocycles. The Morgan fingerprint density at radius 1 is 1.24 bits per heavy atom. The van der Waals surface area contributed by atoms with Gasteiger partial charge >= 0.3 is 0 Å². The van der Waals surface area contributed by atoms with Crippen LogP contribution in [-0.4, -0.2) is 66.3 Å². The van der Waals surface area contributed by atoms with E-state index in [-0.39, 0.29) is 42.1 Å². The number of amides is 1. The Hall–Kier alpha value is -2.14. The summed E-state index contributed by atoms with van der Waals surface area (Å²) in [6.45, 7) is 8.11. The molecule has 0 spiro atoms. The van der Waals surface area contributed by atoms with Gasteiger partial charge in [0.15, 0.2) is 0 Å². The number of nitrogens with zero attached hydrogens (tertiary/aromatic N) is 3. The van der Waals surface area contributed by atoms with Crippen molar-refractivity contribution in [3.05, 3.63) is 41.7 Å². The molecule has 2 aromatic rings. The van der Waals surface area contributed by atoms with E-state index in [1.165, 1.54) is 5.56 Å². The Balaban J connectivity index is 1.30. The lowest BCUT2D eigenvalue weighted by Crippen LogP contribution is -2.37. The number of halogens is 1. The van der Waals surface area contributed by atoms with Crippen LogP contribution in [0.4, 0.5) is 9.80 Å². The van der Waals surface area contributed by atoms with Gasteiger partial charge < -0.3 is 24.6 Å². The van der Waals surface area contributed by atoms with Crippen molar-refractivity contribution in [2.45, 2.75) is 82.8 Å². The summed E-state index contributed by atoms with van der Waals surface area (Å²) in [5.74, 6) is 0.268. The number of carbonyl (C=O) groups is 1. The summed E-state index contributed by atoms with van der Waals surface area (Å²) >= 11 is 0. The highest BCUT2D eigenvalue weighted by Crippen LogP contribution is 2.47. The van der Waals surface area contributed by atoms with Crippen LogP contribution in [0.15, 0.2) is 30.5 Å². The molecule has 2 saturated heterocycles. The molecule has 1 aromatic carbocycles. The summed E-state index contributed by atoms with van der Waals surface area (Å²) in [6, 6.07) is 8.06. The van der Waals surface area contributed by atoms with Gasteiger partial charge in [0, 0.05) is 43.5 Å². The van der Waals surface area contributed by atoms with Crippen LogP contribution in [0.2, 0.25) is 18.6 Å². The first-order valence-electron chi connectivity index (χ1n) is 13.7. The summed E-state index contributed by atoms with van der Waals surface area (Å²) < 4.78 is 23.7. The second kappa shape index (κ2) is 12.6. The Labute approximate surface area is 220 Å². The second-order valence-corrected chi connectivity index (χ2v) is 15.0. The van der Waals surface area contributed by atoms with E-state index in [2.05, 4.69) is 40.0 Å². The summed E-state index contributed by atoms with van der Waals surface area (Å²) in [7, 11) is -2.93. The van der Waals surface area contributed by atoms with Crippen molar-refractivity contribution < 1.29 is 18.7 Å². The molecule has 0 saturated carbocycles. The molecule has 3 N–H and O–H groups in total. The van der Waals surface area contributed by atoms with Crippen molar-refractivity contribution in [2.75, 3.05) is 25.0 Å². The molecule has 4 rings (SSSR count). The van der Waals surface area contributed by atoms with Crippen molar-refractivity contribution in [1.82, 2.24) is 20.3 Å². The number of aryl methyl sites for hydroxylation is 2. The standard InChI is InChI=1S/C27H42FN5O3Si/c1-19-24(11-8-20-6-9-22(10-7-20)30-27(35)21-5-4-14-29-17-21)36-25(26(19)37(2,3)28)12-15-33-18-23(13-16-34)31-32-33/h6-7,9-10,18-19,21,24-26,29,34H,4-5,8,11-17H2,1-3H3,(H,30,35)/t19-,21?,24+,25-,26+/m1/s1. The lowest BCUT2D eigenvalue weighted by Gasteiger charge is -2.28. The predicted molar refractivity (Wildman–Crippen MR) is 145 cm³/mol. The van der Waals surface area contributed by atoms with E-state index in [9.17, 15) is 4.79 Å². The van der Waals surface area contributed by atoms with Gasteiger partial charge in [-0.3, -0.25) is 9.48 Å². The minimum Gasteiger partial charge on any atom is -0.396 e. The number of carbonyl (C=O) groups excluding carboxylic acids is 1. The van der Waals surface area contributed by atoms with Gasteiger partial charge in [0.05, 0.1) is 23.8 Å². The molecule has 8 nitrogen and oxygen atoms in total. The number of benzene rings is 1. The smallest absolute Gasteiger partial charge is 0.246 e. The summed E-state index contributed by atoms with van der Waals surface area (Å²) in [5.41, 5.74) is 2.70. The number of anilines is 1. The third-order valence-electron chi connectivity index (χ3n) is 7.90. The van der Waals surface area contributed by atoms with Crippen molar-refractivity contribution in [1.29, 1.82) is 0 Å². The van der Waals surface area contributed by atoms with Gasteiger partial charge in [0.25, 0.3) is 0 Å². The first kappa shape index (κ1) is 27.9. The largest absolute Gasteiger partial charge is 0.396 e. The van der Waals surface area contributed by atoms with E-state index in [0.29, 0.717) is 19.4 Å². The average molecular weight is 532 g/mol. The zero-order chi connectivity index (χ0) is 26.4. The fourth-order valence-corrected chi connectivity index (χ4v) is 8.56. The van der Waals surface area contributed by atoms with Gasteiger partial charge in [-0.25, -0.2) is 0 Å². The molecule has 3 heterocycles. The maximum Gasteiger partial charge on any atom is 0.246 e. The number of hydrogen-bond donors (Lipinski definition) is 3. The predicted octanol–water partition coefficient (Wildman–Crippen LogP) is 3.72. The number of hydrogen-bond acceptors (Lipinski definition) is 6. The monoisotopic (exact) mass is 531 g/mol. The van der Waals surface area contributed by atoms with Crippen molar-refractivity contribution in [3.8, 4) is 0 Å². The van der Waals surface area contributed by atoms with Crippen LogP contribution >= 0.6 is 0 Å². The number of nitrogens with one attached hydrogen (secondary N) is 2. The maximum atomic E-state index is 15.4. The molecule has 37 heavy (non-hydrogen) atoms. The van der Waals surface area contributed by atoms with Gasteiger partial charge in [0.1, 0.15) is 0 Å². The molecule has 204 valence electrons. The number of rotatable bonds is 11. The lowest BCUT2D eigenvalue weighted by atomic mass is 9.95. The van der Waals surface area contributed by atoms with E-state index in [1.807, 2.05) is 18.3 Å². The van der Waals surface area contributed by atoms with E-state index in [0.717, 1.165) is 50.2 Å². The van der Waals surface area contributed by atoms with Crippen molar-refractivity contribution in [3.63, 3.8) is 0 Å². The minimum atomic E-state index is -2.93. The molecule has 5 atom stereocenters. The van der Waals surface area contributed by atoms with E-state index in [4.69, 9.17) is 9.84 Å². The normalized spacial score (nSPS) is 26.4. The fraction of sp³-hybridized carbons (Fsp3) is 0.667. The summed E-state index contributed by atoms with van der Waals surface area (Å²) in [6.07, 6.45) is 6.54. The zero-order valence-electron chi connectivity index (χ0n) is 22.3. The van der Waals surface area contributed by atoms with Gasteiger partial charge in [-0.15, -0.1) is 5.10 Å². The molecule has 0 radical (unpaired) electrons. The summed E-state index contributed by atoms with van der Waals surface area (Å²) in [5, 5.41) is 23.6. The molecule has 0 bridgehead atoms. The van der Waals surface area contributed by atoms with Crippen LogP contribution in [-0.2, 0) is 28.9 Å². The third-order valence-corrected chi connectivity index (χ3v) is 10.4. The van der Waals surface area contributed by atoms with Gasteiger partial charge in [-0.2, -0.15) is 0 Å². The Kier molecular flexibility index (Phi) is 9.50. The van der Waals surface area contributed by atoms with Crippen LogP contribution in [0.3, 0.4) is 0 Å². The molecule has 2 aliphatic rings. The number of aromatic nitrogens is 3. The van der Waals surface area contributed by atoms with Crippen LogP contribution in [0.1, 0.15) is 43.9 Å². The SMILES string of the molecule is C[C@H]1[C@H]([Si](C)(C)F)[C@@H](CCn2cc(CCO)nn2)O[C@H]1CCc1ccc(NC(=O)C2CCCNC2)cc1. The van der Waals surface area contributed by atoms with E-state index < -0.39 is 8.41 Å². The average Bonchev–Trinajstić information content (AvgIpc) is 3.46. The fourth-order valence-electron chi connectivity index (χ4n) is 5.97. The first-order valence-corrected chi connectivity index (χ1v) is 16.6. The van der Waals surface area contributed by atoms with E-state index >= 15 is 4.11 Å². The lowest BCUT2D eigenvalue weighted by molar-refractivity contribution is -0.120. The summed E-state index contributed by atoms with van der Waals surface area (Å²) in [4.78, 5) is 12.5. The van der Waals surface area contributed by atoms with Crippen molar-refractivity contribution >= 4 is 20.0 Å². The third kappa shape index (κ3) is 7.46. The van der Waals surface area contributed by atoms with Crippen molar-refractivity contribution in [2.24, 2.45) is 11.8 Å². The number of piperidine rings is 1. The molecule has 2 aliphatic heterocycles. The van der Waals surface area contributed by atoms with Gasteiger partial charge in [-0.05, 0) is 75.4 Å². The quantitative estimate of drug-likeness (QED) is 0.302. The maximum absolute atomic E-state index is 15.4. The Morgan fingerprint density at radius 3 is 2.70 bits per heavy atom. The molecular formula is C27H42FN5O3Si. The highest BCUT2D eigenvalue weighted by molar-refractivity contribution is 6.72. The number of aliphatic hydroxyl groups excluding tert-OH is 1. The molecule has 10 heteroatoms. The van der Waals surface area contributed by atoms with Crippen LogP contribution in [0.25, 0.3) is 0 Å².